The molecule has 0 saturated carbocycles. The topological polar surface area (TPSA) is 75.1 Å². The van der Waals surface area contributed by atoms with Gasteiger partial charge in [-0.2, -0.15) is 0 Å². The third kappa shape index (κ3) is 2.38. The number of hydrogen-bond donors (Lipinski definition) is 2. The summed E-state index contributed by atoms with van der Waals surface area (Å²) < 4.78 is 4.58. The van der Waals surface area contributed by atoms with Gasteiger partial charge in [-0.25, -0.2) is 14.8 Å². The maximum absolute atomic E-state index is 11.4. The highest BCUT2D eigenvalue weighted by molar-refractivity contribution is 5.67. The van der Waals surface area contributed by atoms with Crippen molar-refractivity contribution in [3.8, 4) is 0 Å². The Balaban J connectivity index is 2.37. The molecule has 0 unspecified atom stereocenters. The Kier molecular flexibility index (Phi) is 3.38. The molecular formula is C12H14N4O2. The smallest absolute Gasteiger partial charge is 0.411 e. The lowest BCUT2D eigenvalue weighted by Crippen LogP contribution is -2.56. The number of nitrogens with one attached hydrogen (secondary N) is 2. The molecule has 0 atom stereocenters. The molecule has 1 aliphatic rings. The van der Waals surface area contributed by atoms with Crippen molar-refractivity contribution in [3.63, 3.8) is 0 Å². The lowest BCUT2D eigenvalue weighted by Gasteiger charge is -2.23. The van der Waals surface area contributed by atoms with Crippen LogP contribution in [0, 0.1) is 0 Å². The van der Waals surface area contributed by atoms with Crippen LogP contribution < -0.4 is 21.3 Å². The van der Waals surface area contributed by atoms with Crippen molar-refractivity contribution >= 4 is 6.09 Å². The van der Waals surface area contributed by atoms with Crippen LogP contribution in [0.15, 0.2) is 46.9 Å². The predicted octanol–water partition coefficient (Wildman–Crippen LogP) is -0.318. The Hall–Kier alpha value is -2.21. The Morgan fingerprint density at radius 2 is 2.06 bits per heavy atom. The highest BCUT2D eigenvalue weighted by Crippen LogP contribution is 2.06. The lowest BCUT2D eigenvalue weighted by molar-refractivity contribution is 0.150. The van der Waals surface area contributed by atoms with Crippen molar-refractivity contribution in [2.24, 2.45) is 9.98 Å². The van der Waals surface area contributed by atoms with Gasteiger partial charge in [-0.15, -0.1) is 6.58 Å². The van der Waals surface area contributed by atoms with E-state index in [9.17, 15) is 4.79 Å². The van der Waals surface area contributed by atoms with Crippen LogP contribution in [0.5, 0.6) is 0 Å². The third-order valence-corrected chi connectivity index (χ3v) is 2.40. The largest absolute Gasteiger partial charge is 0.453 e. The van der Waals surface area contributed by atoms with Gasteiger partial charge in [0.2, 0.25) is 0 Å². The lowest BCUT2D eigenvalue weighted by atomic mass is 10.3. The van der Waals surface area contributed by atoms with E-state index in [0.717, 1.165) is 0 Å². The number of rotatable bonds is 4. The number of hydrogen-bond acceptors (Lipinski definition) is 5. The van der Waals surface area contributed by atoms with Gasteiger partial charge in [0.1, 0.15) is 0 Å². The number of carbonyl (C=O) groups is 1. The number of ether oxygens (including phenoxy) is 1. The summed E-state index contributed by atoms with van der Waals surface area (Å²) in [7, 11) is 1.29. The van der Waals surface area contributed by atoms with Crippen LogP contribution in [0.25, 0.3) is 0 Å². The Labute approximate surface area is 104 Å². The summed E-state index contributed by atoms with van der Waals surface area (Å²) in [6.45, 7) is 4.06. The maximum atomic E-state index is 11.4. The van der Waals surface area contributed by atoms with Crippen molar-refractivity contribution in [2.75, 3.05) is 13.7 Å². The van der Waals surface area contributed by atoms with Crippen molar-refractivity contribution in [1.82, 2.24) is 10.6 Å². The van der Waals surface area contributed by atoms with Gasteiger partial charge in [0.15, 0.2) is 0 Å². The van der Waals surface area contributed by atoms with E-state index in [0.29, 0.717) is 17.3 Å². The highest BCUT2D eigenvalue weighted by atomic mass is 16.5. The molecule has 0 spiro atoms. The molecule has 1 aliphatic heterocycles. The molecule has 1 heterocycles. The van der Waals surface area contributed by atoms with Gasteiger partial charge in [-0.3, -0.25) is 10.6 Å². The molecule has 18 heavy (non-hydrogen) atoms. The minimum atomic E-state index is -1.22. The van der Waals surface area contributed by atoms with Crippen LogP contribution in [-0.4, -0.2) is 25.7 Å². The molecule has 94 valence electrons. The Morgan fingerprint density at radius 3 is 2.56 bits per heavy atom. The van der Waals surface area contributed by atoms with Gasteiger partial charge in [0.25, 0.3) is 5.91 Å². The van der Waals surface area contributed by atoms with E-state index < -0.39 is 12.0 Å². The second-order valence-electron chi connectivity index (χ2n) is 3.67. The first kappa shape index (κ1) is 12.3. The molecule has 0 aromatic heterocycles. The summed E-state index contributed by atoms with van der Waals surface area (Å²) in [6.07, 6.45) is 1.06. The fourth-order valence-corrected chi connectivity index (χ4v) is 1.61. The third-order valence-electron chi connectivity index (χ3n) is 2.40. The first-order chi connectivity index (χ1) is 8.69. The zero-order valence-corrected chi connectivity index (χ0v) is 10.0. The summed E-state index contributed by atoms with van der Waals surface area (Å²) in [4.78, 5) is 20.1. The summed E-state index contributed by atoms with van der Waals surface area (Å²) in [5.41, 5.74) is 0. The number of alkyl carbamates (subject to hydrolysis) is 1. The van der Waals surface area contributed by atoms with Crippen LogP contribution >= 0.6 is 0 Å². The molecule has 2 N–H and O–H groups in total. The Morgan fingerprint density at radius 1 is 1.44 bits per heavy atom. The van der Waals surface area contributed by atoms with Crippen molar-refractivity contribution in [1.29, 1.82) is 0 Å². The molecule has 0 radical (unpaired) electrons. The van der Waals surface area contributed by atoms with E-state index in [4.69, 9.17) is 0 Å². The number of methoxy groups -OCH3 is 1. The standard InChI is InChI=1S/C12H14N4O2/c1-3-8-13-12(16-11(17)18-2)14-9-6-4-5-7-10(9)15-12/h3-7,13H,1,8H2,2H3,(H,16,17). The molecule has 6 nitrogen and oxygen atoms in total. The SMILES string of the molecule is C=CCNC1(NC(=O)OC)N=c2ccccc2=N1. The zero-order chi connectivity index (χ0) is 13.0. The van der Waals surface area contributed by atoms with Crippen molar-refractivity contribution in [2.45, 2.75) is 5.91 Å². The van der Waals surface area contributed by atoms with Crippen LogP contribution in [0.1, 0.15) is 0 Å². The minimum absolute atomic E-state index is 0.449. The van der Waals surface area contributed by atoms with Crippen molar-refractivity contribution in [3.05, 3.63) is 47.6 Å². The minimum Gasteiger partial charge on any atom is -0.453 e. The summed E-state index contributed by atoms with van der Waals surface area (Å²) >= 11 is 0. The average Bonchev–Trinajstić information content (AvgIpc) is 2.74. The van der Waals surface area contributed by atoms with Gasteiger partial charge >= 0.3 is 6.09 Å². The average molecular weight is 246 g/mol. The van der Waals surface area contributed by atoms with E-state index in [-0.39, 0.29) is 0 Å². The number of fused-ring (bicyclic) bond motifs is 1. The highest BCUT2D eigenvalue weighted by Gasteiger charge is 2.32. The number of nitrogens with zero attached hydrogens (tertiary/aromatic N) is 2. The first-order valence-corrected chi connectivity index (χ1v) is 5.46. The molecule has 1 aromatic carbocycles. The predicted molar refractivity (Wildman–Crippen MR) is 65.2 cm³/mol. The van der Waals surface area contributed by atoms with Crippen LogP contribution in [0.2, 0.25) is 0 Å². The van der Waals surface area contributed by atoms with Crippen LogP contribution in [0.4, 0.5) is 4.79 Å². The van der Waals surface area contributed by atoms with E-state index in [1.807, 2.05) is 24.3 Å². The first-order valence-electron chi connectivity index (χ1n) is 5.46. The zero-order valence-electron chi connectivity index (χ0n) is 10.0. The molecule has 0 saturated heterocycles. The number of benzene rings is 1. The summed E-state index contributed by atoms with van der Waals surface area (Å²) in [5.74, 6) is -1.22. The second-order valence-corrected chi connectivity index (χ2v) is 3.67. The normalized spacial score (nSPS) is 14.9. The quantitative estimate of drug-likeness (QED) is 0.565. The molecule has 1 aromatic rings. The van der Waals surface area contributed by atoms with Gasteiger partial charge in [-0.05, 0) is 12.1 Å². The van der Waals surface area contributed by atoms with E-state index >= 15 is 0 Å². The second kappa shape index (κ2) is 4.97. The monoisotopic (exact) mass is 246 g/mol. The van der Waals surface area contributed by atoms with Gasteiger partial charge < -0.3 is 4.74 Å². The van der Waals surface area contributed by atoms with Gasteiger partial charge in [0, 0.05) is 6.54 Å². The van der Waals surface area contributed by atoms with E-state index in [2.05, 4.69) is 31.9 Å². The summed E-state index contributed by atoms with van der Waals surface area (Å²) in [6, 6.07) is 7.38. The summed E-state index contributed by atoms with van der Waals surface area (Å²) in [5, 5.41) is 6.99. The molecule has 0 bridgehead atoms. The molecule has 6 heteroatoms. The number of amides is 1. The molecule has 2 rings (SSSR count). The molecule has 0 fully saturated rings. The van der Waals surface area contributed by atoms with Crippen LogP contribution in [-0.2, 0) is 4.74 Å². The fraction of sp³-hybridized carbons (Fsp3) is 0.250. The Bertz CT molecular complexity index is 547. The van der Waals surface area contributed by atoms with Crippen LogP contribution in [0.3, 0.4) is 0 Å². The van der Waals surface area contributed by atoms with Gasteiger partial charge in [-0.1, -0.05) is 18.2 Å². The maximum Gasteiger partial charge on any atom is 0.411 e. The van der Waals surface area contributed by atoms with E-state index in [1.165, 1.54) is 7.11 Å². The number of para-hydroxylation sites is 2. The van der Waals surface area contributed by atoms with Gasteiger partial charge in [0.05, 0.1) is 17.8 Å². The molecular weight excluding hydrogens is 232 g/mol. The van der Waals surface area contributed by atoms with Crippen molar-refractivity contribution < 1.29 is 9.53 Å². The number of carbonyl (C=O) groups excluding carboxylic acids is 1. The van der Waals surface area contributed by atoms with E-state index in [1.54, 1.807) is 6.08 Å². The molecule has 1 amide bonds. The fourth-order valence-electron chi connectivity index (χ4n) is 1.61. The molecule has 0 aliphatic carbocycles.